The fourth-order valence-electron chi connectivity index (χ4n) is 2.42. The zero-order valence-electron chi connectivity index (χ0n) is 11.9. The van der Waals surface area contributed by atoms with E-state index >= 15 is 0 Å². The molecule has 0 saturated heterocycles. The second kappa shape index (κ2) is 5.27. The van der Waals surface area contributed by atoms with Crippen LogP contribution in [0.3, 0.4) is 0 Å². The largest absolute Gasteiger partial charge is 0.281 e. The number of rotatable bonds is 2. The Kier molecular flexibility index (Phi) is 3.70. The van der Waals surface area contributed by atoms with Crippen molar-refractivity contribution in [1.29, 1.82) is 0 Å². The van der Waals surface area contributed by atoms with Crippen molar-refractivity contribution < 1.29 is 4.79 Å². The summed E-state index contributed by atoms with van der Waals surface area (Å²) in [5.41, 5.74) is 5.26. The van der Waals surface area contributed by atoms with E-state index in [2.05, 4.69) is 0 Å². The molecule has 0 aliphatic heterocycles. The minimum absolute atomic E-state index is 0.0340. The molecule has 19 heavy (non-hydrogen) atoms. The molecule has 0 unspecified atom stereocenters. The van der Waals surface area contributed by atoms with E-state index in [1.54, 1.807) is 11.8 Å². The van der Waals surface area contributed by atoms with Gasteiger partial charge in [0.05, 0.1) is 11.4 Å². The molecule has 2 nitrogen and oxygen atoms in total. The Morgan fingerprint density at radius 2 is 1.37 bits per heavy atom. The topological polar surface area (TPSA) is 20.3 Å². The zero-order valence-corrected chi connectivity index (χ0v) is 11.9. The number of para-hydroxylation sites is 2. The van der Waals surface area contributed by atoms with Gasteiger partial charge >= 0.3 is 0 Å². The first-order valence-corrected chi connectivity index (χ1v) is 6.45. The lowest BCUT2D eigenvalue weighted by Crippen LogP contribution is -2.25. The van der Waals surface area contributed by atoms with Crippen molar-refractivity contribution >= 4 is 17.3 Å². The Morgan fingerprint density at radius 1 is 0.842 bits per heavy atom. The van der Waals surface area contributed by atoms with E-state index in [0.717, 1.165) is 28.1 Å². The van der Waals surface area contributed by atoms with Gasteiger partial charge in [-0.25, -0.2) is 0 Å². The lowest BCUT2D eigenvalue weighted by Gasteiger charge is -2.26. The first-order chi connectivity index (χ1) is 9.02. The number of hydrogen-bond acceptors (Lipinski definition) is 1. The average molecular weight is 253 g/mol. The van der Waals surface area contributed by atoms with Crippen LogP contribution in [0.15, 0.2) is 42.5 Å². The molecule has 0 bridgehead atoms. The Balaban J connectivity index is 2.66. The number of amides is 1. The van der Waals surface area contributed by atoms with Crippen LogP contribution < -0.4 is 4.90 Å². The van der Waals surface area contributed by atoms with E-state index in [9.17, 15) is 4.79 Å². The second-order valence-electron chi connectivity index (χ2n) is 4.88. The van der Waals surface area contributed by atoms with Crippen molar-refractivity contribution in [3.05, 3.63) is 59.2 Å². The third-order valence-corrected chi connectivity index (χ3v) is 3.33. The molecule has 0 aromatic heterocycles. The van der Waals surface area contributed by atoms with Crippen molar-refractivity contribution in [1.82, 2.24) is 0 Å². The molecule has 0 atom stereocenters. The van der Waals surface area contributed by atoms with Crippen molar-refractivity contribution in [3.8, 4) is 0 Å². The zero-order chi connectivity index (χ0) is 14.0. The van der Waals surface area contributed by atoms with Gasteiger partial charge < -0.3 is 0 Å². The molecule has 2 rings (SSSR count). The summed E-state index contributed by atoms with van der Waals surface area (Å²) in [6.45, 7) is 7.71. The summed E-state index contributed by atoms with van der Waals surface area (Å²) in [4.78, 5) is 13.9. The van der Waals surface area contributed by atoms with E-state index in [-0.39, 0.29) is 5.91 Å². The van der Waals surface area contributed by atoms with Gasteiger partial charge in [-0.05, 0) is 43.5 Å². The van der Waals surface area contributed by atoms with Gasteiger partial charge in [0.2, 0.25) is 5.91 Å². The van der Waals surface area contributed by atoms with Crippen LogP contribution in [-0.2, 0) is 4.79 Å². The summed E-state index contributed by atoms with van der Waals surface area (Å²) in [5, 5.41) is 0. The van der Waals surface area contributed by atoms with Gasteiger partial charge in [0, 0.05) is 6.92 Å². The maximum absolute atomic E-state index is 12.1. The molecule has 2 aromatic rings. The van der Waals surface area contributed by atoms with Gasteiger partial charge in [0.15, 0.2) is 0 Å². The average Bonchev–Trinajstić information content (AvgIpc) is 2.35. The summed E-state index contributed by atoms with van der Waals surface area (Å²) >= 11 is 0. The molecule has 0 aliphatic carbocycles. The number of carbonyl (C=O) groups excluding carboxylic acids is 1. The highest BCUT2D eigenvalue weighted by Crippen LogP contribution is 2.33. The summed E-state index contributed by atoms with van der Waals surface area (Å²) in [6, 6.07) is 14.1. The summed E-state index contributed by atoms with van der Waals surface area (Å²) in [7, 11) is 0. The van der Waals surface area contributed by atoms with Crippen molar-refractivity contribution in [2.75, 3.05) is 4.90 Å². The molecule has 0 saturated carbocycles. The van der Waals surface area contributed by atoms with E-state index in [1.807, 2.05) is 63.2 Å². The van der Waals surface area contributed by atoms with Gasteiger partial charge in [-0.15, -0.1) is 0 Å². The highest BCUT2D eigenvalue weighted by molar-refractivity contribution is 6.01. The third-order valence-electron chi connectivity index (χ3n) is 3.33. The van der Waals surface area contributed by atoms with Gasteiger partial charge in [0.25, 0.3) is 0 Å². The fourth-order valence-corrected chi connectivity index (χ4v) is 2.42. The van der Waals surface area contributed by atoms with Gasteiger partial charge in [-0.2, -0.15) is 0 Å². The molecule has 0 N–H and O–H groups in total. The molecule has 0 aliphatic rings. The first kappa shape index (κ1) is 13.3. The highest BCUT2D eigenvalue weighted by atomic mass is 16.2. The molecule has 2 heteroatoms. The number of anilines is 2. The second-order valence-corrected chi connectivity index (χ2v) is 4.88. The minimum Gasteiger partial charge on any atom is -0.281 e. The molecule has 1 amide bonds. The summed E-state index contributed by atoms with van der Waals surface area (Å²) in [6.07, 6.45) is 0. The van der Waals surface area contributed by atoms with Crippen molar-refractivity contribution in [2.24, 2.45) is 0 Å². The molecule has 0 heterocycles. The van der Waals surface area contributed by atoms with Crippen LogP contribution in [0.25, 0.3) is 0 Å². The number of hydrogen-bond donors (Lipinski definition) is 0. The maximum atomic E-state index is 12.1. The Hall–Kier alpha value is -2.09. The number of nitrogens with zero attached hydrogens (tertiary/aromatic N) is 1. The standard InChI is InChI=1S/C17H19NO/c1-12-8-5-6-11-16(12)18(15(4)19)17-13(2)9-7-10-14(17)3/h5-11H,1-4H3. The lowest BCUT2D eigenvalue weighted by molar-refractivity contribution is -0.115. The fraction of sp³-hybridized carbons (Fsp3) is 0.235. The molecule has 0 fully saturated rings. The van der Waals surface area contributed by atoms with Gasteiger partial charge in [0.1, 0.15) is 0 Å². The van der Waals surface area contributed by atoms with Crippen LogP contribution in [0.5, 0.6) is 0 Å². The quantitative estimate of drug-likeness (QED) is 0.781. The Morgan fingerprint density at radius 3 is 1.89 bits per heavy atom. The van der Waals surface area contributed by atoms with Crippen LogP contribution in [0, 0.1) is 20.8 Å². The number of carbonyl (C=O) groups is 1. The first-order valence-electron chi connectivity index (χ1n) is 6.45. The molecular formula is C17H19NO. The van der Waals surface area contributed by atoms with Crippen LogP contribution in [0.1, 0.15) is 23.6 Å². The van der Waals surface area contributed by atoms with Gasteiger partial charge in [-0.1, -0.05) is 36.4 Å². The molecule has 0 spiro atoms. The van der Waals surface area contributed by atoms with Crippen molar-refractivity contribution in [2.45, 2.75) is 27.7 Å². The van der Waals surface area contributed by atoms with E-state index in [0.29, 0.717) is 0 Å². The molecule has 0 radical (unpaired) electrons. The van der Waals surface area contributed by atoms with E-state index < -0.39 is 0 Å². The highest BCUT2D eigenvalue weighted by Gasteiger charge is 2.19. The van der Waals surface area contributed by atoms with Crippen LogP contribution >= 0.6 is 0 Å². The van der Waals surface area contributed by atoms with Gasteiger partial charge in [-0.3, -0.25) is 9.69 Å². The SMILES string of the molecule is CC(=O)N(c1ccccc1C)c1c(C)cccc1C. The predicted molar refractivity (Wildman–Crippen MR) is 79.9 cm³/mol. The maximum Gasteiger partial charge on any atom is 0.228 e. The van der Waals surface area contributed by atoms with Crippen LogP contribution in [0.2, 0.25) is 0 Å². The minimum atomic E-state index is 0.0340. The third kappa shape index (κ3) is 2.53. The molecule has 2 aromatic carbocycles. The Labute approximate surface area is 114 Å². The number of benzene rings is 2. The molecule has 98 valence electrons. The molecular weight excluding hydrogens is 234 g/mol. The van der Waals surface area contributed by atoms with E-state index in [1.165, 1.54) is 0 Å². The van der Waals surface area contributed by atoms with Crippen LogP contribution in [-0.4, -0.2) is 5.91 Å². The lowest BCUT2D eigenvalue weighted by atomic mass is 10.1. The van der Waals surface area contributed by atoms with Crippen molar-refractivity contribution in [3.63, 3.8) is 0 Å². The van der Waals surface area contributed by atoms with E-state index in [4.69, 9.17) is 0 Å². The number of aryl methyl sites for hydroxylation is 3. The Bertz CT molecular complexity index is 596. The smallest absolute Gasteiger partial charge is 0.228 e. The summed E-state index contributed by atoms with van der Waals surface area (Å²) in [5.74, 6) is 0.0340. The normalized spacial score (nSPS) is 10.3. The monoisotopic (exact) mass is 253 g/mol. The predicted octanol–water partition coefficient (Wildman–Crippen LogP) is 4.30. The van der Waals surface area contributed by atoms with Crippen LogP contribution in [0.4, 0.5) is 11.4 Å². The summed E-state index contributed by atoms with van der Waals surface area (Å²) < 4.78 is 0.